The lowest BCUT2D eigenvalue weighted by Gasteiger charge is -2.10. The molecule has 0 aliphatic heterocycles. The first kappa shape index (κ1) is 19.8. The van der Waals surface area contributed by atoms with Crippen LogP contribution in [0.1, 0.15) is 28.4 Å². The molecule has 3 aromatic rings. The molecule has 0 aliphatic carbocycles. The van der Waals surface area contributed by atoms with Gasteiger partial charge in [0.25, 0.3) is 0 Å². The summed E-state index contributed by atoms with van der Waals surface area (Å²) in [5, 5.41) is 8.88. The Balaban J connectivity index is 1.70. The van der Waals surface area contributed by atoms with E-state index < -0.39 is 5.97 Å². The molecule has 0 aromatic heterocycles. The molecule has 0 N–H and O–H groups in total. The van der Waals surface area contributed by atoms with Gasteiger partial charge < -0.3 is 9.47 Å². The van der Waals surface area contributed by atoms with Gasteiger partial charge in [-0.15, -0.1) is 0 Å². The number of nitrogens with zero attached hydrogens (tertiary/aromatic N) is 1. The molecule has 0 heterocycles. The van der Waals surface area contributed by atoms with Gasteiger partial charge in [0.05, 0.1) is 25.2 Å². The van der Waals surface area contributed by atoms with Crippen molar-refractivity contribution in [3.63, 3.8) is 0 Å². The molecule has 0 unspecified atom stereocenters. The molecule has 29 heavy (non-hydrogen) atoms. The summed E-state index contributed by atoms with van der Waals surface area (Å²) in [4.78, 5) is 23.9. The molecule has 0 aliphatic rings. The summed E-state index contributed by atoms with van der Waals surface area (Å²) < 4.78 is 10.7. The van der Waals surface area contributed by atoms with E-state index in [-0.39, 0.29) is 12.2 Å². The first-order valence-corrected chi connectivity index (χ1v) is 8.99. The van der Waals surface area contributed by atoms with Gasteiger partial charge in [-0.1, -0.05) is 24.3 Å². The molecule has 0 amide bonds. The van der Waals surface area contributed by atoms with Crippen molar-refractivity contribution in [1.82, 2.24) is 0 Å². The number of ether oxygens (including phenoxy) is 2. The summed E-state index contributed by atoms with van der Waals surface area (Å²) in [5.41, 5.74) is 3.63. The molecule has 0 saturated carbocycles. The zero-order chi connectivity index (χ0) is 20.8. The number of hydrogen-bond acceptors (Lipinski definition) is 5. The number of nitriles is 1. The average Bonchev–Trinajstić information content (AvgIpc) is 2.74. The summed E-state index contributed by atoms with van der Waals surface area (Å²) in [7, 11) is 1.51. The van der Waals surface area contributed by atoms with Crippen LogP contribution in [0.5, 0.6) is 11.5 Å². The third-order valence-electron chi connectivity index (χ3n) is 4.46. The van der Waals surface area contributed by atoms with Gasteiger partial charge in [-0.2, -0.15) is 5.26 Å². The summed E-state index contributed by atoms with van der Waals surface area (Å²) in [6.45, 7) is 1.47. The van der Waals surface area contributed by atoms with E-state index in [0.29, 0.717) is 28.2 Å². The van der Waals surface area contributed by atoms with Crippen LogP contribution >= 0.6 is 0 Å². The second-order valence-electron chi connectivity index (χ2n) is 6.45. The van der Waals surface area contributed by atoms with E-state index in [0.717, 1.165) is 11.1 Å². The smallest absolute Gasteiger partial charge is 0.315 e. The minimum absolute atomic E-state index is 0.0122. The van der Waals surface area contributed by atoms with Crippen LogP contribution in [0.15, 0.2) is 66.7 Å². The van der Waals surface area contributed by atoms with Crippen molar-refractivity contribution in [2.24, 2.45) is 0 Å². The van der Waals surface area contributed by atoms with Gasteiger partial charge in [0.15, 0.2) is 5.78 Å². The van der Waals surface area contributed by atoms with Crippen molar-refractivity contribution in [3.05, 3.63) is 83.4 Å². The van der Waals surface area contributed by atoms with Crippen molar-refractivity contribution in [3.8, 4) is 28.7 Å². The molecule has 0 fully saturated rings. The van der Waals surface area contributed by atoms with Gasteiger partial charge in [0.2, 0.25) is 0 Å². The predicted molar refractivity (Wildman–Crippen MR) is 109 cm³/mol. The van der Waals surface area contributed by atoms with Crippen LogP contribution < -0.4 is 9.47 Å². The molecule has 3 rings (SSSR count). The molecule has 0 atom stereocenters. The fourth-order valence-electron chi connectivity index (χ4n) is 2.91. The number of ketones is 1. The standard InChI is InChI=1S/C24H19NO4/c1-16(26)20-9-12-23(28-2)21(13-20)14-24(27)29-22-10-7-19(8-11-22)18-5-3-17(15-25)4-6-18/h3-13H,14H2,1-2H3. The Bertz CT molecular complexity index is 1080. The first-order valence-electron chi connectivity index (χ1n) is 8.99. The normalized spacial score (nSPS) is 10.1. The number of carbonyl (C=O) groups is 2. The molecule has 0 spiro atoms. The van der Waals surface area contributed by atoms with Gasteiger partial charge in [-0.25, -0.2) is 0 Å². The van der Waals surface area contributed by atoms with Gasteiger partial charge in [0, 0.05) is 11.1 Å². The first-order chi connectivity index (χ1) is 14.0. The zero-order valence-electron chi connectivity index (χ0n) is 16.1. The largest absolute Gasteiger partial charge is 0.496 e. The Kier molecular flexibility index (Phi) is 6.06. The van der Waals surface area contributed by atoms with Crippen molar-refractivity contribution in [2.75, 3.05) is 7.11 Å². The summed E-state index contributed by atoms with van der Waals surface area (Å²) in [5.74, 6) is 0.424. The number of carbonyl (C=O) groups excluding carboxylic acids is 2. The van der Waals surface area contributed by atoms with Crippen molar-refractivity contribution in [1.29, 1.82) is 5.26 Å². The van der Waals surface area contributed by atoms with Crippen molar-refractivity contribution >= 4 is 11.8 Å². The fourth-order valence-corrected chi connectivity index (χ4v) is 2.91. The summed E-state index contributed by atoms with van der Waals surface area (Å²) in [6.07, 6.45) is -0.0122. The lowest BCUT2D eigenvalue weighted by Crippen LogP contribution is -2.12. The second kappa shape index (κ2) is 8.85. The molecule has 5 heteroatoms. The number of hydrogen-bond donors (Lipinski definition) is 0. The van der Waals surface area contributed by atoms with Crippen LogP contribution in [0.2, 0.25) is 0 Å². The Hall–Kier alpha value is -3.91. The molecule has 3 aromatic carbocycles. The number of benzene rings is 3. The molecular weight excluding hydrogens is 366 g/mol. The Morgan fingerprint density at radius 3 is 2.10 bits per heavy atom. The Labute approximate surface area is 169 Å². The van der Waals surface area contributed by atoms with Crippen LogP contribution in [-0.2, 0) is 11.2 Å². The van der Waals surface area contributed by atoms with Crippen LogP contribution in [0.4, 0.5) is 0 Å². The van der Waals surface area contributed by atoms with Gasteiger partial charge >= 0.3 is 5.97 Å². The fraction of sp³-hybridized carbons (Fsp3) is 0.125. The van der Waals surface area contributed by atoms with E-state index in [1.807, 2.05) is 24.3 Å². The number of esters is 1. The zero-order valence-corrected chi connectivity index (χ0v) is 16.1. The van der Waals surface area contributed by atoms with E-state index in [1.165, 1.54) is 14.0 Å². The van der Waals surface area contributed by atoms with Crippen LogP contribution in [0.3, 0.4) is 0 Å². The van der Waals surface area contributed by atoms with E-state index in [2.05, 4.69) is 6.07 Å². The minimum atomic E-state index is -0.449. The lowest BCUT2D eigenvalue weighted by atomic mass is 10.0. The monoisotopic (exact) mass is 385 g/mol. The van der Waals surface area contributed by atoms with Gasteiger partial charge in [0.1, 0.15) is 11.5 Å². The van der Waals surface area contributed by atoms with E-state index in [4.69, 9.17) is 14.7 Å². The minimum Gasteiger partial charge on any atom is -0.496 e. The highest BCUT2D eigenvalue weighted by atomic mass is 16.5. The number of rotatable bonds is 6. The summed E-state index contributed by atoms with van der Waals surface area (Å²) >= 11 is 0. The molecule has 0 saturated heterocycles. The van der Waals surface area contributed by atoms with E-state index in [9.17, 15) is 9.59 Å². The maximum absolute atomic E-state index is 12.4. The average molecular weight is 385 g/mol. The highest BCUT2D eigenvalue weighted by Gasteiger charge is 2.13. The third kappa shape index (κ3) is 4.88. The van der Waals surface area contributed by atoms with Crippen molar-refractivity contribution in [2.45, 2.75) is 13.3 Å². The highest BCUT2D eigenvalue weighted by molar-refractivity contribution is 5.94. The quantitative estimate of drug-likeness (QED) is 0.352. The van der Waals surface area contributed by atoms with Crippen LogP contribution in [-0.4, -0.2) is 18.9 Å². The van der Waals surface area contributed by atoms with Crippen molar-refractivity contribution < 1.29 is 19.1 Å². The Morgan fingerprint density at radius 1 is 0.931 bits per heavy atom. The second-order valence-corrected chi connectivity index (χ2v) is 6.45. The van der Waals surface area contributed by atoms with E-state index in [1.54, 1.807) is 42.5 Å². The maximum Gasteiger partial charge on any atom is 0.315 e. The number of Topliss-reactive ketones (excluding diaryl/α,β-unsaturated/α-hetero) is 1. The predicted octanol–water partition coefficient (Wildman–Crippen LogP) is 4.58. The van der Waals surface area contributed by atoms with Gasteiger partial charge in [-0.3, -0.25) is 9.59 Å². The van der Waals surface area contributed by atoms with Gasteiger partial charge in [-0.05, 0) is 60.5 Å². The Morgan fingerprint density at radius 2 is 1.55 bits per heavy atom. The lowest BCUT2D eigenvalue weighted by molar-refractivity contribution is -0.133. The van der Waals surface area contributed by atoms with Crippen LogP contribution in [0.25, 0.3) is 11.1 Å². The molecule has 0 radical (unpaired) electrons. The molecular formula is C24H19NO4. The third-order valence-corrected chi connectivity index (χ3v) is 4.46. The summed E-state index contributed by atoms with van der Waals surface area (Å²) in [6, 6.07) is 21.5. The van der Waals surface area contributed by atoms with Crippen LogP contribution in [0, 0.1) is 11.3 Å². The van der Waals surface area contributed by atoms with E-state index >= 15 is 0 Å². The molecule has 0 bridgehead atoms. The highest BCUT2D eigenvalue weighted by Crippen LogP contribution is 2.24. The molecule has 144 valence electrons. The number of methoxy groups -OCH3 is 1. The topological polar surface area (TPSA) is 76.4 Å². The molecule has 5 nitrogen and oxygen atoms in total. The SMILES string of the molecule is COc1ccc(C(C)=O)cc1CC(=O)Oc1ccc(-c2ccc(C#N)cc2)cc1. The maximum atomic E-state index is 12.4.